The van der Waals surface area contributed by atoms with Gasteiger partial charge in [0, 0.05) is 11.3 Å². The number of ether oxygens (including phenoxy) is 3. The molecule has 1 amide bonds. The number of carbonyl (C=O) groups excluding carboxylic acids is 1. The molecule has 1 aromatic heterocycles. The van der Waals surface area contributed by atoms with Gasteiger partial charge < -0.3 is 23.9 Å². The number of aromatic nitrogens is 1. The molecule has 0 fully saturated rings. The molecule has 0 saturated heterocycles. The highest BCUT2D eigenvalue weighted by Gasteiger charge is 2.18. The first kappa shape index (κ1) is 20.4. The van der Waals surface area contributed by atoms with Crippen molar-refractivity contribution in [3.8, 4) is 34.1 Å². The Morgan fingerprint density at radius 2 is 1.86 bits per heavy atom. The largest absolute Gasteiger partial charge is 0.493 e. The second-order valence-electron chi connectivity index (χ2n) is 6.00. The summed E-state index contributed by atoms with van der Waals surface area (Å²) in [5, 5.41) is 13.2. The Balaban J connectivity index is 2.01. The van der Waals surface area contributed by atoms with Crippen molar-refractivity contribution in [1.82, 2.24) is 4.98 Å². The van der Waals surface area contributed by atoms with Gasteiger partial charge in [0.1, 0.15) is 10.9 Å². The molecule has 0 saturated carbocycles. The number of hydrogen-bond donors (Lipinski definition) is 1. The Morgan fingerprint density at radius 1 is 1.17 bits per heavy atom. The fraction of sp³-hybridized carbons (Fsp3) is 0.250. The van der Waals surface area contributed by atoms with Crippen LogP contribution < -0.4 is 19.5 Å². The van der Waals surface area contributed by atoms with Crippen molar-refractivity contribution in [3.05, 3.63) is 29.8 Å². The molecule has 9 heteroatoms. The maximum atomic E-state index is 11.9. The van der Waals surface area contributed by atoms with Gasteiger partial charge in [0.2, 0.25) is 17.5 Å². The van der Waals surface area contributed by atoms with E-state index in [1.54, 1.807) is 24.3 Å². The Bertz CT molecular complexity index is 1080. The molecule has 0 bridgehead atoms. The number of rotatable bonds is 7. The first-order valence-electron chi connectivity index (χ1n) is 8.53. The minimum Gasteiger partial charge on any atom is -0.493 e. The van der Waals surface area contributed by atoms with Crippen LogP contribution in [0.2, 0.25) is 0 Å². The second kappa shape index (κ2) is 8.75. The summed E-state index contributed by atoms with van der Waals surface area (Å²) in [4.78, 5) is 16.4. The van der Waals surface area contributed by atoms with E-state index in [9.17, 15) is 4.79 Å². The van der Waals surface area contributed by atoms with Crippen LogP contribution in [0.1, 0.15) is 5.56 Å². The van der Waals surface area contributed by atoms with Crippen LogP contribution in [0.15, 0.2) is 28.7 Å². The van der Waals surface area contributed by atoms with Crippen LogP contribution in [-0.2, 0) is 4.79 Å². The van der Waals surface area contributed by atoms with E-state index in [2.05, 4.69) is 10.3 Å². The molecular formula is C20H19N3O5S. The predicted octanol–water partition coefficient (Wildman–Crippen LogP) is 3.98. The molecule has 8 nitrogen and oxygen atoms in total. The smallest absolute Gasteiger partial charge is 0.235 e. The van der Waals surface area contributed by atoms with Gasteiger partial charge in [-0.05, 0) is 48.5 Å². The average Bonchev–Trinajstić information content (AvgIpc) is 3.15. The van der Waals surface area contributed by atoms with Crippen LogP contribution in [0.25, 0.3) is 22.6 Å². The maximum absolute atomic E-state index is 11.9. The number of nitrogens with zero attached hydrogens (tertiary/aromatic N) is 2. The normalized spacial score (nSPS) is 10.4. The third kappa shape index (κ3) is 4.22. The lowest BCUT2D eigenvalue weighted by Crippen LogP contribution is -2.13. The summed E-state index contributed by atoms with van der Waals surface area (Å²) in [7, 11) is 4.61. The number of nitriles is 1. The van der Waals surface area contributed by atoms with Crippen LogP contribution in [-0.4, -0.2) is 38.0 Å². The molecule has 2 aromatic carbocycles. The van der Waals surface area contributed by atoms with Crippen molar-refractivity contribution in [1.29, 1.82) is 5.26 Å². The quantitative estimate of drug-likeness (QED) is 0.580. The lowest BCUT2D eigenvalue weighted by molar-refractivity contribution is -0.113. The molecule has 3 aromatic rings. The number of fused-ring (bicyclic) bond motifs is 1. The van der Waals surface area contributed by atoms with E-state index < -0.39 is 0 Å². The van der Waals surface area contributed by atoms with E-state index in [0.717, 1.165) is 17.3 Å². The predicted molar refractivity (Wildman–Crippen MR) is 111 cm³/mol. The first-order chi connectivity index (χ1) is 14.0. The Kier molecular flexibility index (Phi) is 6.14. The molecule has 1 N–H and O–H groups in total. The van der Waals surface area contributed by atoms with Crippen LogP contribution in [0.3, 0.4) is 0 Å². The van der Waals surface area contributed by atoms with Gasteiger partial charge >= 0.3 is 0 Å². The Morgan fingerprint density at radius 3 is 2.45 bits per heavy atom. The van der Waals surface area contributed by atoms with Gasteiger partial charge in [-0.15, -0.1) is 0 Å². The lowest BCUT2D eigenvalue weighted by Gasteiger charge is -2.12. The van der Waals surface area contributed by atoms with Crippen molar-refractivity contribution < 1.29 is 23.4 Å². The van der Waals surface area contributed by atoms with Crippen molar-refractivity contribution in [2.75, 3.05) is 32.4 Å². The van der Waals surface area contributed by atoms with Crippen molar-refractivity contribution in [2.45, 2.75) is 6.92 Å². The number of hydrogen-bond acceptors (Lipinski definition) is 8. The molecule has 0 atom stereocenters. The summed E-state index contributed by atoms with van der Waals surface area (Å²) in [5.41, 5.74) is 3.27. The summed E-state index contributed by atoms with van der Waals surface area (Å²) in [5.74, 6) is 1.64. The fourth-order valence-electron chi connectivity index (χ4n) is 2.90. The van der Waals surface area contributed by atoms with Gasteiger partial charge in [0.25, 0.3) is 0 Å². The highest BCUT2D eigenvalue weighted by Crippen LogP contribution is 2.41. The summed E-state index contributed by atoms with van der Waals surface area (Å²) in [6.45, 7) is 1.87. The third-order valence-electron chi connectivity index (χ3n) is 4.14. The van der Waals surface area contributed by atoms with Gasteiger partial charge in [-0.25, -0.2) is 4.98 Å². The number of oxazole rings is 1. The molecule has 0 spiro atoms. The summed E-state index contributed by atoms with van der Waals surface area (Å²) in [6, 6.07) is 7.02. The third-order valence-corrected chi connectivity index (χ3v) is 4.67. The minimum atomic E-state index is -0.261. The standard InChI is InChI=1S/C20H19N3O5S/c1-11-5-13(22-17(24)9-29-10-21)8-14-18(11)28-20(23-14)12-6-15(25-2)19(27-4)16(7-12)26-3/h5-8H,9H2,1-4H3,(H,22,24). The average molecular weight is 413 g/mol. The fourth-order valence-corrected chi connectivity index (χ4v) is 3.16. The zero-order valence-corrected chi connectivity index (χ0v) is 17.2. The first-order valence-corrected chi connectivity index (χ1v) is 9.51. The molecule has 3 rings (SSSR count). The van der Waals surface area contributed by atoms with Gasteiger partial charge in [-0.3, -0.25) is 4.79 Å². The van der Waals surface area contributed by atoms with E-state index in [1.807, 2.05) is 12.3 Å². The summed E-state index contributed by atoms with van der Waals surface area (Å²) in [6.07, 6.45) is 0. The number of aryl methyl sites for hydroxylation is 1. The second-order valence-corrected chi connectivity index (χ2v) is 6.76. The minimum absolute atomic E-state index is 0.0586. The molecule has 29 heavy (non-hydrogen) atoms. The molecule has 0 aliphatic carbocycles. The van der Waals surface area contributed by atoms with Gasteiger partial charge in [-0.2, -0.15) is 5.26 Å². The molecule has 0 unspecified atom stereocenters. The molecular weight excluding hydrogens is 394 g/mol. The van der Waals surface area contributed by atoms with Crippen molar-refractivity contribution >= 4 is 34.5 Å². The number of carbonyl (C=O) groups is 1. The number of methoxy groups -OCH3 is 3. The van der Waals surface area contributed by atoms with Crippen molar-refractivity contribution in [2.24, 2.45) is 0 Å². The van der Waals surface area contributed by atoms with Crippen LogP contribution >= 0.6 is 11.8 Å². The molecule has 1 heterocycles. The summed E-state index contributed by atoms with van der Waals surface area (Å²) >= 11 is 0.880. The number of amides is 1. The van der Waals surface area contributed by atoms with E-state index >= 15 is 0 Å². The van der Waals surface area contributed by atoms with Crippen LogP contribution in [0, 0.1) is 17.6 Å². The lowest BCUT2D eigenvalue weighted by atomic mass is 10.2. The Labute approximate surface area is 171 Å². The van der Waals surface area contributed by atoms with E-state index in [4.69, 9.17) is 23.9 Å². The monoisotopic (exact) mass is 413 g/mol. The van der Waals surface area contributed by atoms with E-state index in [1.165, 1.54) is 21.3 Å². The van der Waals surface area contributed by atoms with Crippen molar-refractivity contribution in [3.63, 3.8) is 0 Å². The number of thioether (sulfide) groups is 1. The zero-order chi connectivity index (χ0) is 21.0. The van der Waals surface area contributed by atoms with Gasteiger partial charge in [0.15, 0.2) is 17.1 Å². The highest BCUT2D eigenvalue weighted by atomic mass is 32.2. The zero-order valence-electron chi connectivity index (χ0n) is 16.4. The number of thiocyanates is 1. The topological polar surface area (TPSA) is 107 Å². The van der Waals surface area contributed by atoms with E-state index in [-0.39, 0.29) is 11.7 Å². The van der Waals surface area contributed by atoms with E-state index in [0.29, 0.717) is 45.5 Å². The summed E-state index contributed by atoms with van der Waals surface area (Å²) < 4.78 is 22.1. The molecule has 150 valence electrons. The highest BCUT2D eigenvalue weighted by molar-refractivity contribution is 8.04. The number of benzene rings is 2. The molecule has 0 aliphatic heterocycles. The molecule has 0 aliphatic rings. The maximum Gasteiger partial charge on any atom is 0.235 e. The Hall–Kier alpha value is -3.38. The van der Waals surface area contributed by atoms with Crippen LogP contribution in [0.5, 0.6) is 17.2 Å². The van der Waals surface area contributed by atoms with Crippen LogP contribution in [0.4, 0.5) is 5.69 Å². The number of anilines is 1. The SMILES string of the molecule is COc1cc(-c2nc3cc(NC(=O)CSC#N)cc(C)c3o2)cc(OC)c1OC. The van der Waals surface area contributed by atoms with Gasteiger partial charge in [0.05, 0.1) is 27.1 Å². The molecule has 0 radical (unpaired) electrons. The number of nitrogens with one attached hydrogen (secondary N) is 1. The van der Waals surface area contributed by atoms with Gasteiger partial charge in [-0.1, -0.05) is 0 Å².